The fourth-order valence-corrected chi connectivity index (χ4v) is 5.36. The van der Waals surface area contributed by atoms with E-state index in [9.17, 15) is 0 Å². The molecule has 6 rings (SSSR count). The highest BCUT2D eigenvalue weighted by Crippen LogP contribution is 2.43. The summed E-state index contributed by atoms with van der Waals surface area (Å²) in [7, 11) is -0.475. The van der Waals surface area contributed by atoms with Crippen LogP contribution >= 0.6 is 0 Å². The molecule has 0 radical (unpaired) electrons. The van der Waals surface area contributed by atoms with Gasteiger partial charge in [0, 0.05) is 16.8 Å². The minimum Gasteiger partial charge on any atom is -0.409 e. The predicted molar refractivity (Wildman–Crippen MR) is 157 cm³/mol. The van der Waals surface area contributed by atoms with E-state index in [2.05, 4.69) is 135 Å². The van der Waals surface area contributed by atoms with Gasteiger partial charge in [0.25, 0.3) is 0 Å². The lowest BCUT2D eigenvalue weighted by atomic mass is 9.57. The number of rotatable bonds is 5. The topological polar surface area (TPSA) is 42.5 Å². The van der Waals surface area contributed by atoms with E-state index in [0.29, 0.717) is 6.32 Å². The maximum atomic E-state index is 6.68. The van der Waals surface area contributed by atoms with Crippen LogP contribution in [-0.2, 0) is 9.31 Å². The van der Waals surface area contributed by atoms with Crippen molar-refractivity contribution in [1.29, 1.82) is 0 Å². The minimum absolute atomic E-state index is 0.0306. The molecule has 0 spiro atoms. The summed E-state index contributed by atoms with van der Waals surface area (Å²) in [4.78, 5) is 0. The van der Waals surface area contributed by atoms with Gasteiger partial charge in [-0.3, -0.25) is 0 Å². The van der Waals surface area contributed by atoms with E-state index in [-0.39, 0.29) is 6.98 Å². The van der Waals surface area contributed by atoms with E-state index >= 15 is 0 Å². The van der Waals surface area contributed by atoms with Crippen LogP contribution in [-0.4, -0.2) is 25.3 Å². The van der Waals surface area contributed by atoms with Crippen LogP contribution in [0.5, 0.6) is 0 Å². The Labute approximate surface area is 220 Å². The number of hydrogen-bond acceptors (Lipinski definition) is 4. The van der Waals surface area contributed by atoms with Crippen molar-refractivity contribution in [2.75, 3.05) is 10.5 Å². The van der Waals surface area contributed by atoms with Crippen molar-refractivity contribution in [3.05, 3.63) is 114 Å². The molecule has 184 valence electrons. The Bertz CT molecular complexity index is 1370. The average Bonchev–Trinajstić information content (AvgIpc) is 3.11. The fraction of sp³-hybridized carbons (Fsp3) is 0.226. The Balaban J connectivity index is 1.48. The first kappa shape index (κ1) is 23.9. The molecule has 4 nitrogen and oxygen atoms in total. The normalized spacial score (nSPS) is 17.3. The summed E-state index contributed by atoms with van der Waals surface area (Å²) in [6, 6.07) is 34.0. The molecule has 0 unspecified atom stereocenters. The molecule has 1 fully saturated rings. The van der Waals surface area contributed by atoms with Crippen molar-refractivity contribution < 1.29 is 9.31 Å². The molecule has 2 aliphatic heterocycles. The van der Waals surface area contributed by atoms with Crippen molar-refractivity contribution in [3.8, 4) is 0 Å². The van der Waals surface area contributed by atoms with Crippen LogP contribution in [0.4, 0.5) is 11.4 Å². The zero-order chi connectivity index (χ0) is 25.6. The zero-order valence-corrected chi connectivity index (χ0v) is 21.9. The number of nitrogens with one attached hydrogen (secondary N) is 2. The Kier molecular flexibility index (Phi) is 5.89. The van der Waals surface area contributed by atoms with Gasteiger partial charge in [-0.1, -0.05) is 84.9 Å². The van der Waals surface area contributed by atoms with Crippen molar-refractivity contribution in [1.82, 2.24) is 0 Å². The summed E-state index contributed by atoms with van der Waals surface area (Å²) >= 11 is 0. The summed E-state index contributed by atoms with van der Waals surface area (Å²) in [6.07, 6.45) is 0.695. The molecule has 0 atom stereocenters. The number of allylic oxidation sites excluding steroid dienone is 1. The van der Waals surface area contributed by atoms with E-state index in [1.165, 1.54) is 10.8 Å². The highest BCUT2D eigenvalue weighted by Gasteiger charge is 2.53. The van der Waals surface area contributed by atoms with Crippen molar-refractivity contribution in [2.45, 2.75) is 45.2 Å². The quantitative estimate of drug-likeness (QED) is 0.291. The van der Waals surface area contributed by atoms with Gasteiger partial charge < -0.3 is 19.8 Å². The molecule has 4 aromatic carbocycles. The SMILES string of the molecule is CC1(C)OB(C(CB2Nc3cccc4cccc(c34)N2)=C(c2ccccc2)c2ccccc2)OC1(C)C. The number of anilines is 2. The van der Waals surface area contributed by atoms with E-state index < -0.39 is 18.3 Å². The summed E-state index contributed by atoms with van der Waals surface area (Å²) in [5.74, 6) is 0. The summed E-state index contributed by atoms with van der Waals surface area (Å²) < 4.78 is 13.4. The minimum atomic E-state index is -0.475. The Hall–Kier alpha value is -3.47. The van der Waals surface area contributed by atoms with Crippen molar-refractivity contribution >= 4 is 41.8 Å². The summed E-state index contributed by atoms with van der Waals surface area (Å²) in [5.41, 5.74) is 5.98. The highest BCUT2D eigenvalue weighted by molar-refractivity contribution is 6.72. The third-order valence-corrected chi connectivity index (χ3v) is 7.97. The monoisotopic (exact) mass is 486 g/mol. The number of benzene rings is 4. The molecule has 1 saturated heterocycles. The van der Waals surface area contributed by atoms with Crippen LogP contribution < -0.4 is 10.5 Å². The molecule has 6 heteroatoms. The smallest absolute Gasteiger partial charge is 0.409 e. The van der Waals surface area contributed by atoms with Crippen molar-refractivity contribution in [3.63, 3.8) is 0 Å². The lowest BCUT2D eigenvalue weighted by Gasteiger charge is -2.32. The van der Waals surface area contributed by atoms with Gasteiger partial charge in [-0.15, -0.1) is 0 Å². The molecular weight excluding hydrogens is 454 g/mol. The first-order valence-corrected chi connectivity index (χ1v) is 13.1. The Morgan fingerprint density at radius 2 is 1.14 bits per heavy atom. The largest absolute Gasteiger partial charge is 0.490 e. The summed E-state index contributed by atoms with van der Waals surface area (Å²) in [5, 5.41) is 9.97. The third-order valence-electron chi connectivity index (χ3n) is 7.97. The third kappa shape index (κ3) is 4.35. The lowest BCUT2D eigenvalue weighted by Crippen LogP contribution is -2.41. The zero-order valence-electron chi connectivity index (χ0n) is 21.9. The average molecular weight is 486 g/mol. The molecule has 2 heterocycles. The van der Waals surface area contributed by atoms with E-state index in [4.69, 9.17) is 9.31 Å². The van der Waals surface area contributed by atoms with Gasteiger partial charge in [-0.25, -0.2) is 0 Å². The second-order valence-electron chi connectivity index (χ2n) is 11.0. The maximum absolute atomic E-state index is 6.68. The molecule has 4 aromatic rings. The van der Waals surface area contributed by atoms with Crippen molar-refractivity contribution in [2.24, 2.45) is 0 Å². The summed E-state index contributed by atoms with van der Waals surface area (Å²) in [6.45, 7) is 8.43. The first-order valence-electron chi connectivity index (χ1n) is 13.1. The van der Waals surface area contributed by atoms with Crippen LogP contribution in [0, 0.1) is 0 Å². The van der Waals surface area contributed by atoms with Gasteiger partial charge in [0.2, 0.25) is 0 Å². The fourth-order valence-electron chi connectivity index (χ4n) is 5.36. The maximum Gasteiger partial charge on any atom is 0.490 e. The van der Waals surface area contributed by atoms with Gasteiger partial charge in [-0.05, 0) is 73.7 Å². The van der Waals surface area contributed by atoms with Crippen LogP contribution in [0.2, 0.25) is 6.32 Å². The molecular formula is C31H32B2N2O2. The molecule has 0 aliphatic carbocycles. The predicted octanol–water partition coefficient (Wildman–Crippen LogP) is 7.30. The second kappa shape index (κ2) is 9.13. The van der Waals surface area contributed by atoms with Gasteiger partial charge in [0.15, 0.2) is 0 Å². The standard InChI is InChI=1S/C31H32B2N2O2/c1-30(2)31(3,4)37-33(36-30)25(28(22-13-7-5-8-14-22)23-15-9-6-10-16-23)21-32-34-26-19-11-17-24-18-12-20-27(35-32)29(24)26/h5-20,34-35H,21H2,1-4H3. The second-order valence-corrected chi connectivity index (χ2v) is 11.0. The van der Waals surface area contributed by atoms with E-state index in [1.807, 2.05) is 0 Å². The van der Waals surface area contributed by atoms with E-state index in [1.54, 1.807) is 0 Å². The van der Waals surface area contributed by atoms with Crippen LogP contribution in [0.15, 0.2) is 103 Å². The van der Waals surface area contributed by atoms with Gasteiger partial charge in [0.1, 0.15) is 0 Å². The van der Waals surface area contributed by atoms with Crippen LogP contribution in [0.1, 0.15) is 38.8 Å². The van der Waals surface area contributed by atoms with Gasteiger partial charge in [0.05, 0.1) is 11.2 Å². The molecule has 0 aromatic heterocycles. The molecule has 0 amide bonds. The molecule has 0 bridgehead atoms. The molecule has 2 aliphatic rings. The van der Waals surface area contributed by atoms with E-state index in [0.717, 1.165) is 33.5 Å². The van der Waals surface area contributed by atoms with Gasteiger partial charge in [-0.2, -0.15) is 0 Å². The highest BCUT2D eigenvalue weighted by atomic mass is 16.7. The van der Waals surface area contributed by atoms with Gasteiger partial charge >= 0.3 is 14.1 Å². The van der Waals surface area contributed by atoms with Crippen LogP contribution in [0.3, 0.4) is 0 Å². The lowest BCUT2D eigenvalue weighted by molar-refractivity contribution is 0.00578. The molecule has 2 N–H and O–H groups in total. The molecule has 37 heavy (non-hydrogen) atoms. The Morgan fingerprint density at radius 3 is 1.62 bits per heavy atom. The Morgan fingerprint density at radius 1 is 0.649 bits per heavy atom. The number of hydrogen-bond donors (Lipinski definition) is 2. The molecule has 0 saturated carbocycles. The van der Waals surface area contributed by atoms with Crippen LogP contribution in [0.25, 0.3) is 16.3 Å². The first-order chi connectivity index (χ1) is 17.8.